The first-order valence-corrected chi connectivity index (χ1v) is 8.68. The molecule has 24 heavy (non-hydrogen) atoms. The number of halogens is 1. The Kier molecular flexibility index (Phi) is 5.13. The van der Waals surface area contributed by atoms with Crippen LogP contribution in [0.4, 0.5) is 10.5 Å². The molecule has 0 atom stereocenters. The topological polar surface area (TPSA) is 51.2 Å². The molecule has 0 fully saturated rings. The van der Waals surface area contributed by atoms with Crippen molar-refractivity contribution in [2.75, 3.05) is 11.9 Å². The fraction of sp³-hybridized carbons (Fsp3) is 0.111. The Morgan fingerprint density at radius 3 is 2.88 bits per heavy atom. The summed E-state index contributed by atoms with van der Waals surface area (Å²) in [5, 5.41) is 6.21. The van der Waals surface area contributed by atoms with Crippen LogP contribution in [0.2, 0.25) is 5.02 Å². The van der Waals surface area contributed by atoms with Gasteiger partial charge in [0.05, 0.1) is 17.3 Å². The normalized spacial score (nSPS) is 10.4. The van der Waals surface area contributed by atoms with E-state index in [4.69, 9.17) is 16.3 Å². The van der Waals surface area contributed by atoms with Crippen LogP contribution in [0.1, 0.15) is 6.92 Å². The van der Waals surface area contributed by atoms with Crippen molar-refractivity contribution in [2.24, 2.45) is 0 Å². The van der Waals surface area contributed by atoms with Crippen LogP contribution < -0.4 is 5.32 Å². The van der Waals surface area contributed by atoms with Gasteiger partial charge in [-0.25, -0.2) is 9.78 Å². The number of benzene rings is 2. The monoisotopic (exact) mass is 358 g/mol. The molecule has 0 aliphatic heterocycles. The molecule has 1 amide bonds. The van der Waals surface area contributed by atoms with E-state index in [1.165, 1.54) is 11.3 Å². The molecule has 1 aromatic heterocycles. The second-order valence-electron chi connectivity index (χ2n) is 4.94. The summed E-state index contributed by atoms with van der Waals surface area (Å²) in [6.45, 7) is 2.10. The predicted molar refractivity (Wildman–Crippen MR) is 98.6 cm³/mol. The molecule has 122 valence electrons. The van der Waals surface area contributed by atoms with Gasteiger partial charge in [-0.05, 0) is 25.1 Å². The van der Waals surface area contributed by atoms with Crippen LogP contribution in [0.25, 0.3) is 21.8 Å². The molecule has 0 aliphatic carbocycles. The highest BCUT2D eigenvalue weighted by molar-refractivity contribution is 7.13. The molecule has 0 aliphatic rings. The van der Waals surface area contributed by atoms with Crippen LogP contribution >= 0.6 is 22.9 Å². The maximum atomic E-state index is 11.5. The second-order valence-corrected chi connectivity index (χ2v) is 6.21. The largest absolute Gasteiger partial charge is 0.450 e. The van der Waals surface area contributed by atoms with E-state index in [-0.39, 0.29) is 0 Å². The fourth-order valence-electron chi connectivity index (χ4n) is 2.21. The van der Waals surface area contributed by atoms with E-state index in [2.05, 4.69) is 10.3 Å². The molecule has 0 radical (unpaired) electrons. The maximum Gasteiger partial charge on any atom is 0.411 e. The zero-order valence-electron chi connectivity index (χ0n) is 13.0. The summed E-state index contributed by atoms with van der Waals surface area (Å²) >= 11 is 7.76. The Morgan fingerprint density at radius 2 is 2.08 bits per heavy atom. The van der Waals surface area contributed by atoms with E-state index >= 15 is 0 Å². The highest BCUT2D eigenvalue weighted by Crippen LogP contribution is 2.33. The van der Waals surface area contributed by atoms with Gasteiger partial charge >= 0.3 is 6.09 Å². The number of aromatic nitrogens is 1. The molecule has 6 heteroatoms. The van der Waals surface area contributed by atoms with Gasteiger partial charge in [0.2, 0.25) is 0 Å². The lowest BCUT2D eigenvalue weighted by Gasteiger charge is -2.06. The molecular weight excluding hydrogens is 344 g/mol. The number of anilines is 1. The lowest BCUT2D eigenvalue weighted by atomic mass is 10.1. The molecule has 4 nitrogen and oxygen atoms in total. The van der Waals surface area contributed by atoms with E-state index in [1.807, 2.05) is 53.9 Å². The highest BCUT2D eigenvalue weighted by Gasteiger charge is 2.10. The van der Waals surface area contributed by atoms with Crippen molar-refractivity contribution in [1.29, 1.82) is 0 Å². The van der Waals surface area contributed by atoms with Crippen LogP contribution in [0.3, 0.4) is 0 Å². The third-order valence-corrected chi connectivity index (χ3v) is 4.49. The average molecular weight is 359 g/mol. The molecule has 1 heterocycles. The Bertz CT molecular complexity index is 863. The van der Waals surface area contributed by atoms with E-state index < -0.39 is 6.09 Å². The lowest BCUT2D eigenvalue weighted by Crippen LogP contribution is -2.13. The smallest absolute Gasteiger partial charge is 0.411 e. The number of nitrogens with zero attached hydrogens (tertiary/aromatic N) is 1. The zero-order chi connectivity index (χ0) is 16.9. The third-order valence-electron chi connectivity index (χ3n) is 3.29. The van der Waals surface area contributed by atoms with E-state index in [9.17, 15) is 4.79 Å². The van der Waals surface area contributed by atoms with Crippen LogP contribution in [0.5, 0.6) is 0 Å². The van der Waals surface area contributed by atoms with Gasteiger partial charge in [-0.3, -0.25) is 5.32 Å². The zero-order valence-corrected chi connectivity index (χ0v) is 14.5. The fourth-order valence-corrected chi connectivity index (χ4v) is 3.36. The summed E-state index contributed by atoms with van der Waals surface area (Å²) in [6.07, 6.45) is -0.468. The number of hydrogen-bond acceptors (Lipinski definition) is 4. The van der Waals surface area contributed by atoms with Crippen LogP contribution in [-0.4, -0.2) is 17.7 Å². The van der Waals surface area contributed by atoms with Crippen molar-refractivity contribution < 1.29 is 9.53 Å². The molecule has 0 unspecified atom stereocenters. The van der Waals surface area contributed by atoms with Crippen LogP contribution in [-0.2, 0) is 4.74 Å². The summed E-state index contributed by atoms with van der Waals surface area (Å²) in [6, 6.07) is 15.1. The Labute approximate surface area is 149 Å². The summed E-state index contributed by atoms with van der Waals surface area (Å²) < 4.78 is 4.89. The number of hydrogen-bond donors (Lipinski definition) is 1. The Morgan fingerprint density at radius 1 is 1.25 bits per heavy atom. The minimum Gasteiger partial charge on any atom is -0.450 e. The molecular formula is C18H15ClN2O2S. The van der Waals surface area contributed by atoms with Gasteiger partial charge in [0, 0.05) is 22.2 Å². The number of nitrogens with one attached hydrogen (secondary N) is 1. The molecule has 0 saturated heterocycles. The number of carbonyl (C=O) groups is 1. The number of thiazole rings is 1. The molecule has 3 aromatic rings. The second kappa shape index (κ2) is 7.47. The summed E-state index contributed by atoms with van der Waals surface area (Å²) in [5.41, 5.74) is 3.33. The molecule has 1 N–H and O–H groups in total. The summed E-state index contributed by atoms with van der Waals surface area (Å²) in [7, 11) is 0. The Balaban J connectivity index is 1.85. The summed E-state index contributed by atoms with van der Waals surface area (Å²) in [4.78, 5) is 16.2. The van der Waals surface area contributed by atoms with Gasteiger partial charge in [0.1, 0.15) is 5.01 Å². The first kappa shape index (κ1) is 16.5. The first-order valence-electron chi connectivity index (χ1n) is 7.42. The van der Waals surface area contributed by atoms with E-state index in [1.54, 1.807) is 6.92 Å². The lowest BCUT2D eigenvalue weighted by molar-refractivity contribution is 0.168. The third kappa shape index (κ3) is 3.75. The van der Waals surface area contributed by atoms with Crippen molar-refractivity contribution in [3.8, 4) is 21.8 Å². The van der Waals surface area contributed by atoms with Gasteiger partial charge < -0.3 is 4.74 Å². The molecule has 0 spiro atoms. The number of ether oxygens (including phenoxy) is 1. The number of rotatable bonds is 4. The first-order chi connectivity index (χ1) is 11.7. The SMILES string of the molecule is CCOC(=O)Nc1cccc(-c2csc(-c3ccccc3Cl)n2)c1. The molecule has 3 rings (SSSR count). The number of amides is 1. The average Bonchev–Trinajstić information content (AvgIpc) is 3.05. The Hall–Kier alpha value is -2.37. The minimum atomic E-state index is -0.468. The van der Waals surface area contributed by atoms with E-state index in [0.717, 1.165) is 21.8 Å². The predicted octanol–water partition coefficient (Wildman–Crippen LogP) is 5.70. The quantitative estimate of drug-likeness (QED) is 0.650. The van der Waals surface area contributed by atoms with Crippen LogP contribution in [0.15, 0.2) is 53.9 Å². The number of carbonyl (C=O) groups excluding carboxylic acids is 1. The van der Waals surface area contributed by atoms with Gasteiger partial charge in [-0.2, -0.15) is 0 Å². The van der Waals surface area contributed by atoms with E-state index in [0.29, 0.717) is 17.3 Å². The van der Waals surface area contributed by atoms with Gasteiger partial charge in [0.25, 0.3) is 0 Å². The van der Waals surface area contributed by atoms with Crippen LogP contribution in [0, 0.1) is 0 Å². The van der Waals surface area contributed by atoms with Gasteiger partial charge in [0.15, 0.2) is 0 Å². The van der Waals surface area contributed by atoms with Crippen molar-refractivity contribution in [1.82, 2.24) is 4.98 Å². The molecule has 0 saturated carbocycles. The minimum absolute atomic E-state index is 0.332. The molecule has 2 aromatic carbocycles. The highest BCUT2D eigenvalue weighted by atomic mass is 35.5. The standard InChI is InChI=1S/C18H15ClN2O2S/c1-2-23-18(22)20-13-7-5-6-12(10-13)16-11-24-17(21-16)14-8-3-4-9-15(14)19/h3-11H,2H2,1H3,(H,20,22). The van der Waals surface area contributed by atoms with Crippen molar-refractivity contribution in [3.05, 3.63) is 58.9 Å². The van der Waals surface area contributed by atoms with Crippen molar-refractivity contribution in [2.45, 2.75) is 6.92 Å². The van der Waals surface area contributed by atoms with Crippen molar-refractivity contribution in [3.63, 3.8) is 0 Å². The summed E-state index contributed by atoms with van der Waals surface area (Å²) in [5.74, 6) is 0. The maximum absolute atomic E-state index is 11.5. The molecule has 0 bridgehead atoms. The van der Waals surface area contributed by atoms with Gasteiger partial charge in [-0.1, -0.05) is 41.9 Å². The van der Waals surface area contributed by atoms with Crippen molar-refractivity contribution >= 4 is 34.7 Å². The van der Waals surface area contributed by atoms with Gasteiger partial charge in [-0.15, -0.1) is 11.3 Å².